The van der Waals surface area contributed by atoms with E-state index in [1.165, 1.54) is 6.33 Å². The van der Waals surface area contributed by atoms with Crippen molar-refractivity contribution in [3.63, 3.8) is 0 Å². The number of nitrogens with one attached hydrogen (secondary N) is 1. The number of fused-ring (bicyclic) bond motifs is 1. The number of hydrogen-bond acceptors (Lipinski definition) is 5. The monoisotopic (exact) mass is 268 g/mol. The summed E-state index contributed by atoms with van der Waals surface area (Å²) in [6.07, 6.45) is 3.00. The van der Waals surface area contributed by atoms with Crippen LogP contribution in [0.1, 0.15) is 10.4 Å². The van der Waals surface area contributed by atoms with Gasteiger partial charge in [0.25, 0.3) is 5.91 Å². The van der Waals surface area contributed by atoms with E-state index in [0.29, 0.717) is 22.4 Å². The molecule has 0 aliphatic carbocycles. The van der Waals surface area contributed by atoms with Crippen LogP contribution in [0.5, 0.6) is 0 Å². The zero-order chi connectivity index (χ0) is 14.1. The van der Waals surface area contributed by atoms with E-state index in [9.17, 15) is 4.79 Å². The number of amides is 1. The molecule has 0 saturated carbocycles. The van der Waals surface area contributed by atoms with Crippen LogP contribution in [0, 0.1) is 0 Å². The predicted molar refractivity (Wildman–Crippen MR) is 74.5 cm³/mol. The van der Waals surface area contributed by atoms with Gasteiger partial charge < -0.3 is 11.1 Å². The average Bonchev–Trinajstić information content (AvgIpc) is 2.92. The van der Waals surface area contributed by atoms with E-state index < -0.39 is 0 Å². The van der Waals surface area contributed by atoms with Gasteiger partial charge in [-0.15, -0.1) is 0 Å². The van der Waals surface area contributed by atoms with E-state index in [1.807, 2.05) is 6.07 Å². The molecule has 0 fully saturated rings. The molecule has 3 aromatic rings. The third-order valence-electron chi connectivity index (χ3n) is 2.98. The van der Waals surface area contributed by atoms with Crippen LogP contribution < -0.4 is 11.1 Å². The summed E-state index contributed by atoms with van der Waals surface area (Å²) in [5.41, 5.74) is 7.67. The SMILES string of the molecule is CNC(=O)c1cccc(-n2ncc3c(N)ncnc32)c1. The average molecular weight is 268 g/mol. The second kappa shape index (κ2) is 4.61. The van der Waals surface area contributed by atoms with E-state index in [2.05, 4.69) is 20.4 Å². The van der Waals surface area contributed by atoms with Crippen LogP contribution in [0.4, 0.5) is 5.82 Å². The van der Waals surface area contributed by atoms with Crippen molar-refractivity contribution in [1.29, 1.82) is 0 Å². The van der Waals surface area contributed by atoms with Gasteiger partial charge in [-0.05, 0) is 18.2 Å². The molecule has 0 spiro atoms. The number of benzene rings is 1. The normalized spacial score (nSPS) is 10.7. The summed E-state index contributed by atoms with van der Waals surface area (Å²) in [5.74, 6) is 0.223. The van der Waals surface area contributed by atoms with Gasteiger partial charge in [-0.2, -0.15) is 5.10 Å². The van der Waals surface area contributed by atoms with Crippen molar-refractivity contribution in [3.05, 3.63) is 42.4 Å². The van der Waals surface area contributed by atoms with Crippen molar-refractivity contribution in [2.75, 3.05) is 12.8 Å². The molecule has 2 heterocycles. The molecule has 1 amide bonds. The number of aromatic nitrogens is 4. The predicted octanol–water partition coefficient (Wildman–Crippen LogP) is 0.757. The highest BCUT2D eigenvalue weighted by Gasteiger charge is 2.11. The standard InChI is InChI=1S/C13H12N6O/c1-15-13(20)8-3-2-4-9(5-8)19-12-10(6-18-19)11(14)16-7-17-12/h2-7H,1H3,(H,15,20)(H2,14,16,17). The van der Waals surface area contributed by atoms with E-state index in [-0.39, 0.29) is 5.91 Å². The van der Waals surface area contributed by atoms with Crippen LogP contribution in [-0.2, 0) is 0 Å². The minimum Gasteiger partial charge on any atom is -0.383 e. The summed E-state index contributed by atoms with van der Waals surface area (Å²) >= 11 is 0. The second-order valence-electron chi connectivity index (χ2n) is 4.18. The highest BCUT2D eigenvalue weighted by molar-refractivity contribution is 5.94. The Hall–Kier alpha value is -2.96. The van der Waals surface area contributed by atoms with Crippen LogP contribution >= 0.6 is 0 Å². The van der Waals surface area contributed by atoms with Crippen molar-refractivity contribution in [1.82, 2.24) is 25.1 Å². The van der Waals surface area contributed by atoms with Crippen molar-refractivity contribution in [3.8, 4) is 5.69 Å². The molecule has 0 bridgehead atoms. The summed E-state index contributed by atoms with van der Waals surface area (Å²) in [5, 5.41) is 7.52. The number of hydrogen-bond donors (Lipinski definition) is 2. The fourth-order valence-corrected chi connectivity index (χ4v) is 1.97. The summed E-state index contributed by atoms with van der Waals surface area (Å²) in [4.78, 5) is 19.8. The molecule has 20 heavy (non-hydrogen) atoms. The summed E-state index contributed by atoms with van der Waals surface area (Å²) in [6, 6.07) is 7.11. The van der Waals surface area contributed by atoms with Gasteiger partial charge in [-0.3, -0.25) is 4.79 Å². The quantitative estimate of drug-likeness (QED) is 0.714. The van der Waals surface area contributed by atoms with Gasteiger partial charge in [-0.25, -0.2) is 14.6 Å². The van der Waals surface area contributed by atoms with Crippen molar-refractivity contribution < 1.29 is 4.79 Å². The Balaban J connectivity index is 2.16. The number of carbonyl (C=O) groups is 1. The first kappa shape index (κ1) is 12.1. The number of anilines is 1. The summed E-state index contributed by atoms with van der Waals surface area (Å²) in [7, 11) is 1.59. The van der Waals surface area contributed by atoms with Gasteiger partial charge in [0.2, 0.25) is 0 Å². The largest absolute Gasteiger partial charge is 0.383 e. The Morgan fingerprint density at radius 1 is 1.35 bits per heavy atom. The van der Waals surface area contributed by atoms with Gasteiger partial charge in [-0.1, -0.05) is 6.07 Å². The molecule has 100 valence electrons. The molecule has 0 aliphatic heterocycles. The fraction of sp³-hybridized carbons (Fsp3) is 0.0769. The van der Waals surface area contributed by atoms with Gasteiger partial charge in [0.1, 0.15) is 12.1 Å². The third-order valence-corrected chi connectivity index (χ3v) is 2.98. The maximum atomic E-state index is 11.7. The molecule has 0 saturated heterocycles. The lowest BCUT2D eigenvalue weighted by Crippen LogP contribution is -2.17. The number of nitrogen functional groups attached to an aromatic ring is 1. The minimum atomic E-state index is -0.155. The Morgan fingerprint density at radius 3 is 3.00 bits per heavy atom. The van der Waals surface area contributed by atoms with Crippen LogP contribution in [0.25, 0.3) is 16.7 Å². The number of carbonyl (C=O) groups excluding carboxylic acids is 1. The molecule has 0 atom stereocenters. The molecular weight excluding hydrogens is 256 g/mol. The number of nitrogens with two attached hydrogens (primary N) is 1. The summed E-state index contributed by atoms with van der Waals surface area (Å²) in [6.45, 7) is 0. The highest BCUT2D eigenvalue weighted by Crippen LogP contribution is 2.19. The zero-order valence-corrected chi connectivity index (χ0v) is 10.7. The lowest BCUT2D eigenvalue weighted by molar-refractivity contribution is 0.0963. The molecule has 0 aliphatic rings. The molecule has 3 rings (SSSR count). The second-order valence-corrected chi connectivity index (χ2v) is 4.18. The topological polar surface area (TPSA) is 98.7 Å². The first-order chi connectivity index (χ1) is 9.70. The Morgan fingerprint density at radius 2 is 2.20 bits per heavy atom. The molecule has 0 radical (unpaired) electrons. The van der Waals surface area contributed by atoms with Crippen molar-refractivity contribution in [2.24, 2.45) is 0 Å². The van der Waals surface area contributed by atoms with E-state index in [4.69, 9.17) is 5.73 Å². The smallest absolute Gasteiger partial charge is 0.251 e. The van der Waals surface area contributed by atoms with Crippen LogP contribution in [0.2, 0.25) is 0 Å². The van der Waals surface area contributed by atoms with Gasteiger partial charge in [0.15, 0.2) is 5.65 Å². The van der Waals surface area contributed by atoms with Crippen LogP contribution in [-0.4, -0.2) is 32.7 Å². The molecule has 3 N–H and O–H groups in total. The van der Waals surface area contributed by atoms with Crippen LogP contribution in [0.3, 0.4) is 0 Å². The Bertz CT molecular complexity index is 794. The lowest BCUT2D eigenvalue weighted by Gasteiger charge is -2.05. The molecule has 7 heteroatoms. The first-order valence-corrected chi connectivity index (χ1v) is 5.97. The highest BCUT2D eigenvalue weighted by atomic mass is 16.1. The van der Waals surface area contributed by atoms with Crippen LogP contribution in [0.15, 0.2) is 36.8 Å². The van der Waals surface area contributed by atoms with E-state index in [0.717, 1.165) is 5.69 Å². The number of nitrogens with zero attached hydrogens (tertiary/aromatic N) is 4. The van der Waals surface area contributed by atoms with Crippen molar-refractivity contribution in [2.45, 2.75) is 0 Å². The first-order valence-electron chi connectivity index (χ1n) is 5.97. The van der Waals surface area contributed by atoms with E-state index in [1.54, 1.807) is 36.1 Å². The van der Waals surface area contributed by atoms with Gasteiger partial charge in [0, 0.05) is 12.6 Å². The summed E-state index contributed by atoms with van der Waals surface area (Å²) < 4.78 is 1.62. The molecule has 1 aromatic carbocycles. The van der Waals surface area contributed by atoms with Crippen molar-refractivity contribution >= 4 is 22.8 Å². The van der Waals surface area contributed by atoms with Gasteiger partial charge >= 0.3 is 0 Å². The third kappa shape index (κ3) is 1.85. The molecule has 0 unspecified atom stereocenters. The minimum absolute atomic E-state index is 0.155. The Labute approximate surface area is 114 Å². The fourth-order valence-electron chi connectivity index (χ4n) is 1.97. The maximum Gasteiger partial charge on any atom is 0.251 e. The Kier molecular flexibility index (Phi) is 2.79. The number of rotatable bonds is 2. The molecule has 7 nitrogen and oxygen atoms in total. The molecule has 2 aromatic heterocycles. The van der Waals surface area contributed by atoms with Gasteiger partial charge in [0.05, 0.1) is 17.3 Å². The molecular formula is C13H12N6O. The zero-order valence-electron chi connectivity index (χ0n) is 10.7. The maximum absolute atomic E-state index is 11.7. The van der Waals surface area contributed by atoms with E-state index >= 15 is 0 Å². The lowest BCUT2D eigenvalue weighted by atomic mass is 10.2.